The van der Waals surface area contributed by atoms with Crippen molar-refractivity contribution in [3.63, 3.8) is 0 Å². The van der Waals surface area contributed by atoms with Gasteiger partial charge in [-0.1, -0.05) is 11.6 Å². The number of nitrogens with one attached hydrogen (secondary N) is 1. The molecule has 1 fully saturated rings. The van der Waals surface area contributed by atoms with Crippen LogP contribution in [0.1, 0.15) is 18.4 Å². The Kier molecular flexibility index (Phi) is 2.24. The predicted molar refractivity (Wildman–Crippen MR) is 65.1 cm³/mol. The van der Waals surface area contributed by atoms with Crippen LogP contribution < -0.4 is 10.2 Å². The Bertz CT molecular complexity index is 383. The van der Waals surface area contributed by atoms with Crippen molar-refractivity contribution in [1.29, 1.82) is 0 Å². The highest BCUT2D eigenvalue weighted by atomic mass is 35.5. The first kappa shape index (κ1) is 9.34. The lowest BCUT2D eigenvalue weighted by molar-refractivity contribution is 0.949. The van der Waals surface area contributed by atoms with Crippen molar-refractivity contribution in [2.75, 3.05) is 29.9 Å². The summed E-state index contributed by atoms with van der Waals surface area (Å²) in [6.07, 6.45) is 3.73. The average Bonchev–Trinajstić information content (AvgIpc) is 2.85. The molecule has 0 bridgehead atoms. The first-order chi connectivity index (χ1) is 7.34. The van der Waals surface area contributed by atoms with Gasteiger partial charge in [0, 0.05) is 25.3 Å². The van der Waals surface area contributed by atoms with Crippen molar-refractivity contribution in [3.05, 3.63) is 22.7 Å². The maximum atomic E-state index is 6.31. The van der Waals surface area contributed by atoms with Gasteiger partial charge in [0.25, 0.3) is 0 Å². The molecule has 2 nitrogen and oxygen atoms in total. The molecule has 0 aromatic heterocycles. The van der Waals surface area contributed by atoms with E-state index in [1.807, 2.05) is 0 Å². The van der Waals surface area contributed by atoms with Crippen molar-refractivity contribution >= 4 is 23.0 Å². The smallest absolute Gasteiger partial charge is 0.0660 e. The Morgan fingerprint density at radius 3 is 2.80 bits per heavy atom. The van der Waals surface area contributed by atoms with Gasteiger partial charge in [0.2, 0.25) is 0 Å². The molecule has 3 rings (SSSR count). The Morgan fingerprint density at radius 1 is 1.20 bits per heavy atom. The van der Waals surface area contributed by atoms with Crippen LogP contribution in [0.3, 0.4) is 0 Å². The lowest BCUT2D eigenvalue weighted by Crippen LogP contribution is -2.18. The minimum atomic E-state index is 0.894. The van der Waals surface area contributed by atoms with Crippen molar-refractivity contribution in [3.8, 4) is 0 Å². The van der Waals surface area contributed by atoms with Gasteiger partial charge in [0.15, 0.2) is 0 Å². The molecule has 0 aliphatic carbocycles. The summed E-state index contributed by atoms with van der Waals surface area (Å²) in [6, 6.07) is 4.35. The molecular formula is C12H15ClN2. The zero-order chi connectivity index (χ0) is 10.3. The molecular weight excluding hydrogens is 208 g/mol. The summed E-state index contributed by atoms with van der Waals surface area (Å²) in [6.45, 7) is 3.37. The van der Waals surface area contributed by atoms with Crippen LogP contribution in [0, 0.1) is 0 Å². The Morgan fingerprint density at radius 2 is 2.00 bits per heavy atom. The van der Waals surface area contributed by atoms with E-state index in [9.17, 15) is 0 Å². The van der Waals surface area contributed by atoms with Crippen LogP contribution in [0.25, 0.3) is 0 Å². The topological polar surface area (TPSA) is 15.3 Å². The molecule has 0 radical (unpaired) electrons. The van der Waals surface area contributed by atoms with Gasteiger partial charge in [-0.15, -0.1) is 0 Å². The summed E-state index contributed by atoms with van der Waals surface area (Å²) < 4.78 is 0. The van der Waals surface area contributed by atoms with Crippen molar-refractivity contribution in [2.24, 2.45) is 0 Å². The van der Waals surface area contributed by atoms with Gasteiger partial charge in [-0.2, -0.15) is 0 Å². The van der Waals surface area contributed by atoms with Gasteiger partial charge in [-0.05, 0) is 37.0 Å². The minimum Gasteiger partial charge on any atom is -0.384 e. The zero-order valence-corrected chi connectivity index (χ0v) is 9.48. The predicted octanol–water partition coefficient (Wildman–Crippen LogP) is 2.91. The van der Waals surface area contributed by atoms with Crippen LogP contribution in [0.5, 0.6) is 0 Å². The Hall–Kier alpha value is -0.890. The normalized spacial score (nSPS) is 19.1. The van der Waals surface area contributed by atoms with E-state index in [4.69, 9.17) is 11.6 Å². The molecule has 0 spiro atoms. The molecule has 0 amide bonds. The molecule has 15 heavy (non-hydrogen) atoms. The van der Waals surface area contributed by atoms with Gasteiger partial charge >= 0.3 is 0 Å². The molecule has 3 heteroatoms. The summed E-state index contributed by atoms with van der Waals surface area (Å²) in [5.41, 5.74) is 3.88. The number of nitrogens with zero attached hydrogens (tertiary/aromatic N) is 1. The summed E-state index contributed by atoms with van der Waals surface area (Å²) in [5.74, 6) is 0. The Labute approximate surface area is 95.2 Å². The maximum Gasteiger partial charge on any atom is 0.0660 e. The molecule has 2 heterocycles. The van der Waals surface area contributed by atoms with Crippen molar-refractivity contribution < 1.29 is 0 Å². The molecule has 0 unspecified atom stereocenters. The highest BCUT2D eigenvalue weighted by molar-refractivity contribution is 6.33. The number of anilines is 2. The number of hydrogen-bond acceptors (Lipinski definition) is 2. The molecule has 1 aromatic carbocycles. The number of rotatable bonds is 1. The molecule has 0 atom stereocenters. The van der Waals surface area contributed by atoms with E-state index in [0.717, 1.165) is 31.1 Å². The summed E-state index contributed by atoms with van der Waals surface area (Å²) >= 11 is 6.31. The van der Waals surface area contributed by atoms with E-state index in [-0.39, 0.29) is 0 Å². The largest absolute Gasteiger partial charge is 0.384 e. The third-order valence-electron chi connectivity index (χ3n) is 3.33. The standard InChI is InChI=1S/C12H15ClN2/c13-10-8-11-9(3-4-14-11)7-12(10)15-5-1-2-6-15/h7-8,14H,1-6H2. The van der Waals surface area contributed by atoms with Crippen LogP contribution in [0.15, 0.2) is 12.1 Å². The summed E-state index contributed by atoms with van der Waals surface area (Å²) in [5, 5.41) is 4.25. The molecule has 2 aliphatic heterocycles. The maximum absolute atomic E-state index is 6.31. The van der Waals surface area contributed by atoms with Gasteiger partial charge in [-0.3, -0.25) is 0 Å². The van der Waals surface area contributed by atoms with E-state index in [1.165, 1.54) is 29.8 Å². The quantitative estimate of drug-likeness (QED) is 0.786. The lowest BCUT2D eigenvalue weighted by Gasteiger charge is -2.20. The van der Waals surface area contributed by atoms with E-state index in [1.54, 1.807) is 0 Å². The number of fused-ring (bicyclic) bond motifs is 1. The van der Waals surface area contributed by atoms with Crippen LogP contribution in [0.2, 0.25) is 5.02 Å². The monoisotopic (exact) mass is 222 g/mol. The number of benzene rings is 1. The number of hydrogen-bond donors (Lipinski definition) is 1. The fraction of sp³-hybridized carbons (Fsp3) is 0.500. The third-order valence-corrected chi connectivity index (χ3v) is 3.63. The highest BCUT2D eigenvalue weighted by Crippen LogP contribution is 2.35. The highest BCUT2D eigenvalue weighted by Gasteiger charge is 2.19. The van der Waals surface area contributed by atoms with Gasteiger partial charge in [-0.25, -0.2) is 0 Å². The zero-order valence-electron chi connectivity index (χ0n) is 8.72. The summed E-state index contributed by atoms with van der Waals surface area (Å²) in [7, 11) is 0. The van der Waals surface area contributed by atoms with Crippen LogP contribution >= 0.6 is 11.6 Å². The van der Waals surface area contributed by atoms with E-state index in [0.29, 0.717) is 0 Å². The molecule has 0 saturated carbocycles. The van der Waals surface area contributed by atoms with Gasteiger partial charge in [0.1, 0.15) is 0 Å². The Balaban J connectivity index is 2.00. The van der Waals surface area contributed by atoms with Crippen LogP contribution in [-0.2, 0) is 6.42 Å². The minimum absolute atomic E-state index is 0.894. The summed E-state index contributed by atoms with van der Waals surface area (Å²) in [4.78, 5) is 2.40. The number of halogens is 1. The second kappa shape index (κ2) is 3.60. The van der Waals surface area contributed by atoms with Crippen molar-refractivity contribution in [1.82, 2.24) is 0 Å². The fourth-order valence-electron chi connectivity index (χ4n) is 2.51. The van der Waals surface area contributed by atoms with E-state index in [2.05, 4.69) is 22.3 Å². The molecule has 1 saturated heterocycles. The van der Waals surface area contributed by atoms with Gasteiger partial charge < -0.3 is 10.2 Å². The lowest BCUT2D eigenvalue weighted by atomic mass is 10.1. The van der Waals surface area contributed by atoms with Crippen molar-refractivity contribution in [2.45, 2.75) is 19.3 Å². The second-order valence-electron chi connectivity index (χ2n) is 4.33. The first-order valence-electron chi connectivity index (χ1n) is 5.66. The SMILES string of the molecule is Clc1cc2c(cc1N1CCCC1)CCN2. The fourth-order valence-corrected chi connectivity index (χ4v) is 2.79. The molecule has 1 N–H and O–H groups in total. The van der Waals surface area contributed by atoms with E-state index >= 15 is 0 Å². The average molecular weight is 223 g/mol. The van der Waals surface area contributed by atoms with E-state index < -0.39 is 0 Å². The molecule has 80 valence electrons. The van der Waals surface area contributed by atoms with Gasteiger partial charge in [0.05, 0.1) is 10.7 Å². The second-order valence-corrected chi connectivity index (χ2v) is 4.74. The third kappa shape index (κ3) is 1.57. The molecule has 2 aliphatic rings. The van der Waals surface area contributed by atoms with Crippen LogP contribution in [0.4, 0.5) is 11.4 Å². The first-order valence-corrected chi connectivity index (χ1v) is 6.03. The van der Waals surface area contributed by atoms with Crippen LogP contribution in [-0.4, -0.2) is 19.6 Å². The molecule has 1 aromatic rings.